The molecule has 3 saturated heterocycles. The number of carbonyl (C=O) groups is 2. The van der Waals surface area contributed by atoms with E-state index in [4.69, 9.17) is 4.42 Å². The van der Waals surface area contributed by atoms with Crippen LogP contribution >= 0.6 is 12.4 Å². The molecule has 0 aliphatic carbocycles. The van der Waals surface area contributed by atoms with E-state index in [9.17, 15) is 19.7 Å². The van der Waals surface area contributed by atoms with Crippen LogP contribution in [0.15, 0.2) is 65.1 Å². The molecule has 2 bridgehead atoms. The van der Waals surface area contributed by atoms with Crippen LogP contribution in [0.25, 0.3) is 11.3 Å². The van der Waals surface area contributed by atoms with Gasteiger partial charge in [-0.15, -0.1) is 12.4 Å². The second-order valence-corrected chi connectivity index (χ2v) is 8.57. The predicted molar refractivity (Wildman–Crippen MR) is 133 cm³/mol. The number of carbonyl (C=O) groups excluding carboxylic acids is 2. The lowest BCUT2D eigenvalue weighted by molar-refractivity contribution is -0.384. The van der Waals surface area contributed by atoms with Crippen molar-refractivity contribution in [2.75, 3.05) is 31.5 Å². The fourth-order valence-corrected chi connectivity index (χ4v) is 4.59. The quantitative estimate of drug-likeness (QED) is 0.413. The van der Waals surface area contributed by atoms with Crippen LogP contribution in [-0.2, 0) is 0 Å². The number of hydrogen-bond acceptors (Lipinski definition) is 6. The normalized spacial score (nSPS) is 18.9. The highest BCUT2D eigenvalue weighted by Gasteiger charge is 2.33. The van der Waals surface area contributed by atoms with E-state index in [0.29, 0.717) is 17.2 Å². The second-order valence-electron chi connectivity index (χ2n) is 8.57. The molecule has 9 nitrogen and oxygen atoms in total. The van der Waals surface area contributed by atoms with E-state index in [1.807, 2.05) is 4.90 Å². The van der Waals surface area contributed by atoms with E-state index in [0.717, 1.165) is 44.6 Å². The molecule has 1 N–H and O–H groups in total. The summed E-state index contributed by atoms with van der Waals surface area (Å²) in [6.07, 6.45) is 2.01. The Morgan fingerprint density at radius 1 is 0.971 bits per heavy atom. The maximum atomic E-state index is 13.1. The van der Waals surface area contributed by atoms with Gasteiger partial charge in [0.2, 0.25) is 0 Å². The van der Waals surface area contributed by atoms with Crippen LogP contribution < -0.4 is 5.32 Å². The Labute approximate surface area is 208 Å². The minimum absolute atomic E-state index is 0. The summed E-state index contributed by atoms with van der Waals surface area (Å²) in [4.78, 5) is 40.3. The highest BCUT2D eigenvalue weighted by Crippen LogP contribution is 2.27. The zero-order valence-corrected chi connectivity index (χ0v) is 19.7. The lowest BCUT2D eigenvalue weighted by Gasteiger charge is -2.30. The number of anilines is 1. The van der Waals surface area contributed by atoms with Crippen LogP contribution in [0.2, 0.25) is 0 Å². The number of non-ortho nitro benzene ring substituents is 1. The topological polar surface area (TPSA) is 109 Å². The number of nitrogens with one attached hydrogen (secondary N) is 1. The number of piperidine rings is 1. The molecule has 10 heteroatoms. The lowest BCUT2D eigenvalue weighted by Crippen LogP contribution is -2.41. The number of nitrogens with zero attached hydrogens (tertiary/aromatic N) is 3. The molecule has 0 spiro atoms. The van der Waals surface area contributed by atoms with Crippen LogP contribution in [0.4, 0.5) is 11.4 Å². The fourth-order valence-electron chi connectivity index (χ4n) is 4.59. The van der Waals surface area contributed by atoms with Crippen LogP contribution in [0.1, 0.15) is 33.8 Å². The number of rotatable bonds is 5. The van der Waals surface area contributed by atoms with Crippen molar-refractivity contribution in [3.05, 3.63) is 82.1 Å². The molecule has 182 valence electrons. The van der Waals surface area contributed by atoms with Crippen molar-refractivity contribution in [2.45, 2.75) is 18.9 Å². The first kappa shape index (κ1) is 24.4. The molecule has 35 heavy (non-hydrogen) atoms. The van der Waals surface area contributed by atoms with Crippen molar-refractivity contribution in [3.63, 3.8) is 0 Å². The molecule has 3 aromatic rings. The average molecular weight is 497 g/mol. The van der Waals surface area contributed by atoms with Crippen molar-refractivity contribution < 1.29 is 18.9 Å². The third kappa shape index (κ3) is 5.21. The Morgan fingerprint density at radius 2 is 1.71 bits per heavy atom. The molecule has 0 atom stereocenters. The molecular weight excluding hydrogens is 472 g/mol. The third-order valence-corrected chi connectivity index (χ3v) is 6.48. The van der Waals surface area contributed by atoms with Gasteiger partial charge in [-0.3, -0.25) is 19.7 Å². The van der Waals surface area contributed by atoms with Crippen molar-refractivity contribution in [1.82, 2.24) is 9.80 Å². The fraction of sp³-hybridized carbons (Fsp3) is 0.280. The van der Waals surface area contributed by atoms with Crippen molar-refractivity contribution in [2.24, 2.45) is 0 Å². The summed E-state index contributed by atoms with van der Waals surface area (Å²) < 4.78 is 5.90. The average Bonchev–Trinajstić information content (AvgIpc) is 3.16. The summed E-state index contributed by atoms with van der Waals surface area (Å²) in [5.74, 6) is 0.396. The number of halogens is 1. The van der Waals surface area contributed by atoms with Gasteiger partial charge in [-0.25, -0.2) is 0 Å². The summed E-state index contributed by atoms with van der Waals surface area (Å²) in [6.45, 7) is 3.71. The van der Waals surface area contributed by atoms with Gasteiger partial charge in [0.15, 0.2) is 5.76 Å². The molecule has 6 rings (SSSR count). The minimum Gasteiger partial charge on any atom is -0.451 e. The molecule has 0 unspecified atom stereocenters. The first-order valence-electron chi connectivity index (χ1n) is 11.3. The Morgan fingerprint density at radius 3 is 2.43 bits per heavy atom. The minimum atomic E-state index is -0.539. The van der Waals surface area contributed by atoms with Crippen molar-refractivity contribution in [1.29, 1.82) is 0 Å². The molecule has 3 aliphatic heterocycles. The number of nitro groups is 1. The molecule has 2 aromatic carbocycles. The maximum absolute atomic E-state index is 13.1. The standard InChI is InChI=1S/C25H24N4O5.ClH/c30-24(18-2-1-3-21(16-18)29(32)33)26-19-6-4-17(5-7-19)22-8-9-23(34-22)25(31)28-15-14-27-12-10-20(28)11-13-27;/h1-9,16,20H,10-15H2,(H,26,30);1H. The highest BCUT2D eigenvalue weighted by atomic mass is 35.5. The number of nitro benzene ring substituents is 1. The SMILES string of the molecule is Cl.O=C(Nc1ccc(-c2ccc(C(=O)N3CCN4CCC3CC4)o2)cc1)c1cccc([N+](=O)[O-])c1. The van der Waals surface area contributed by atoms with E-state index in [1.54, 1.807) is 36.4 Å². The largest absolute Gasteiger partial charge is 0.451 e. The molecule has 4 heterocycles. The van der Waals surface area contributed by atoms with Crippen LogP contribution in [0.3, 0.4) is 0 Å². The van der Waals surface area contributed by atoms with E-state index in [2.05, 4.69) is 10.2 Å². The summed E-state index contributed by atoms with van der Waals surface area (Å²) in [7, 11) is 0. The Balaban J connectivity index is 0.00000289. The highest BCUT2D eigenvalue weighted by molar-refractivity contribution is 6.04. The monoisotopic (exact) mass is 496 g/mol. The summed E-state index contributed by atoms with van der Waals surface area (Å²) >= 11 is 0. The zero-order valence-electron chi connectivity index (χ0n) is 18.9. The summed E-state index contributed by atoms with van der Waals surface area (Å²) in [5, 5.41) is 13.7. The van der Waals surface area contributed by atoms with Crippen LogP contribution in [0, 0.1) is 10.1 Å². The Hall–Kier alpha value is -3.69. The van der Waals surface area contributed by atoms with Gasteiger partial charge in [-0.1, -0.05) is 6.07 Å². The number of furan rings is 1. The van der Waals surface area contributed by atoms with Crippen molar-refractivity contribution >= 4 is 35.6 Å². The molecule has 0 saturated carbocycles. The zero-order chi connectivity index (χ0) is 23.7. The van der Waals surface area contributed by atoms with Crippen LogP contribution in [-0.4, -0.2) is 58.8 Å². The molecule has 1 aromatic heterocycles. The Kier molecular flexibility index (Phi) is 7.18. The van der Waals surface area contributed by atoms with Gasteiger partial charge in [-0.05, 0) is 55.3 Å². The van der Waals surface area contributed by atoms with Crippen LogP contribution in [0.5, 0.6) is 0 Å². The molecule has 3 aliphatic rings. The molecule has 3 fully saturated rings. The number of amides is 2. The maximum Gasteiger partial charge on any atom is 0.289 e. The second kappa shape index (κ2) is 10.3. The van der Waals surface area contributed by atoms with E-state index in [1.165, 1.54) is 24.3 Å². The molecule has 0 radical (unpaired) electrons. The Bertz CT molecular complexity index is 1230. The molecule has 2 amide bonds. The van der Waals surface area contributed by atoms with Gasteiger partial charge in [0.05, 0.1) is 4.92 Å². The van der Waals surface area contributed by atoms with E-state index in [-0.39, 0.29) is 35.6 Å². The van der Waals surface area contributed by atoms with Gasteiger partial charge in [-0.2, -0.15) is 0 Å². The summed E-state index contributed by atoms with van der Waals surface area (Å²) in [5.41, 5.74) is 1.37. The predicted octanol–water partition coefficient (Wildman–Crippen LogP) is 4.45. The van der Waals surface area contributed by atoms with Gasteiger partial charge < -0.3 is 19.5 Å². The summed E-state index contributed by atoms with van der Waals surface area (Å²) in [6, 6.07) is 16.3. The van der Waals surface area contributed by atoms with Gasteiger partial charge >= 0.3 is 0 Å². The van der Waals surface area contributed by atoms with Gasteiger partial charge in [0, 0.05) is 61.2 Å². The van der Waals surface area contributed by atoms with E-state index < -0.39 is 10.8 Å². The number of benzene rings is 2. The number of hydrogen-bond donors (Lipinski definition) is 1. The number of fused-ring (bicyclic) bond motifs is 4. The van der Waals surface area contributed by atoms with Crippen molar-refractivity contribution in [3.8, 4) is 11.3 Å². The van der Waals surface area contributed by atoms with Gasteiger partial charge in [0.1, 0.15) is 5.76 Å². The third-order valence-electron chi connectivity index (χ3n) is 6.48. The molecular formula is C25H25ClN4O5. The van der Waals surface area contributed by atoms with Gasteiger partial charge in [0.25, 0.3) is 17.5 Å². The first-order chi connectivity index (χ1) is 16.5. The lowest BCUT2D eigenvalue weighted by atomic mass is 10.1. The van der Waals surface area contributed by atoms with E-state index >= 15 is 0 Å². The first-order valence-corrected chi connectivity index (χ1v) is 11.3. The smallest absolute Gasteiger partial charge is 0.289 e.